The lowest BCUT2D eigenvalue weighted by Gasteiger charge is -2.60. The van der Waals surface area contributed by atoms with Gasteiger partial charge in [-0.05, 0) is 37.0 Å². The van der Waals surface area contributed by atoms with Gasteiger partial charge in [-0.25, -0.2) is 13.1 Å². The number of sulfonamides is 1. The molecule has 0 aromatic carbocycles. The molecule has 1 saturated heterocycles. The van der Waals surface area contributed by atoms with Crippen molar-refractivity contribution in [1.82, 2.24) is 4.72 Å². The first-order chi connectivity index (χ1) is 6.86. The molecule has 3 fully saturated rings. The molecule has 0 amide bonds. The summed E-state index contributed by atoms with van der Waals surface area (Å²) in [5.74, 6) is 1.01. The molecular formula is C11H19NO2S. The summed E-state index contributed by atoms with van der Waals surface area (Å²) in [6, 6.07) is 0.245. The molecule has 0 aromatic rings. The Hall–Kier alpha value is -0.0900. The summed E-state index contributed by atoms with van der Waals surface area (Å²) in [5, 5.41) is 0. The minimum absolute atomic E-state index is 0.0978. The van der Waals surface area contributed by atoms with Gasteiger partial charge in [0.05, 0.1) is 5.75 Å². The van der Waals surface area contributed by atoms with Gasteiger partial charge in [-0.3, -0.25) is 0 Å². The quantitative estimate of drug-likeness (QED) is 0.684. The summed E-state index contributed by atoms with van der Waals surface area (Å²) in [6.07, 6.45) is 4.52. The van der Waals surface area contributed by atoms with Crippen molar-refractivity contribution in [3.05, 3.63) is 0 Å². The molecule has 3 aliphatic rings. The lowest BCUT2D eigenvalue weighted by Crippen LogP contribution is -2.59. The van der Waals surface area contributed by atoms with E-state index in [0.29, 0.717) is 17.1 Å². The van der Waals surface area contributed by atoms with Gasteiger partial charge >= 0.3 is 0 Å². The van der Waals surface area contributed by atoms with Crippen LogP contribution in [-0.2, 0) is 10.0 Å². The smallest absolute Gasteiger partial charge is 0.212 e. The average molecular weight is 229 g/mol. The molecule has 0 aromatic heterocycles. The second kappa shape index (κ2) is 2.59. The molecule has 3 unspecified atom stereocenters. The first-order valence-corrected chi connectivity index (χ1v) is 7.51. The molecular weight excluding hydrogens is 210 g/mol. The molecule has 3 nitrogen and oxygen atoms in total. The molecule has 4 heteroatoms. The number of nitrogens with one attached hydrogen (secondary N) is 1. The summed E-state index contributed by atoms with van der Waals surface area (Å²) in [7, 11) is -2.97. The van der Waals surface area contributed by atoms with E-state index in [1.165, 1.54) is 6.42 Å². The molecule has 0 radical (unpaired) electrons. The van der Waals surface area contributed by atoms with Crippen LogP contribution in [0.25, 0.3) is 0 Å². The van der Waals surface area contributed by atoms with Crippen LogP contribution < -0.4 is 4.72 Å². The van der Waals surface area contributed by atoms with Crippen LogP contribution >= 0.6 is 0 Å². The van der Waals surface area contributed by atoms with Gasteiger partial charge in [-0.2, -0.15) is 0 Å². The van der Waals surface area contributed by atoms with Gasteiger partial charge in [0.1, 0.15) is 0 Å². The van der Waals surface area contributed by atoms with E-state index in [0.717, 1.165) is 19.3 Å². The second-order valence-electron chi connectivity index (χ2n) is 6.28. The van der Waals surface area contributed by atoms with Gasteiger partial charge in [-0.1, -0.05) is 13.8 Å². The molecule has 1 N–H and O–H groups in total. The summed E-state index contributed by atoms with van der Waals surface area (Å²) >= 11 is 0. The molecule has 1 heterocycles. The summed E-state index contributed by atoms with van der Waals surface area (Å²) < 4.78 is 26.2. The maximum atomic E-state index is 11.7. The van der Waals surface area contributed by atoms with Gasteiger partial charge < -0.3 is 0 Å². The van der Waals surface area contributed by atoms with Gasteiger partial charge in [0, 0.05) is 11.5 Å². The lowest BCUT2D eigenvalue weighted by molar-refractivity contribution is -0.0908. The Morgan fingerprint density at radius 2 is 1.93 bits per heavy atom. The van der Waals surface area contributed by atoms with E-state index in [-0.39, 0.29) is 11.5 Å². The fourth-order valence-corrected chi connectivity index (χ4v) is 6.41. The zero-order chi connectivity index (χ0) is 10.9. The lowest BCUT2D eigenvalue weighted by atomic mass is 9.45. The van der Waals surface area contributed by atoms with Crippen molar-refractivity contribution in [2.45, 2.75) is 45.6 Å². The highest BCUT2D eigenvalue weighted by molar-refractivity contribution is 7.89. The van der Waals surface area contributed by atoms with Crippen molar-refractivity contribution < 1.29 is 8.42 Å². The highest BCUT2D eigenvalue weighted by Gasteiger charge is 2.64. The van der Waals surface area contributed by atoms with Crippen molar-refractivity contribution in [1.29, 1.82) is 0 Å². The SMILES string of the molecule is CC1(C)CCC2NS(=O)(=O)CC23CCC13. The summed E-state index contributed by atoms with van der Waals surface area (Å²) in [6.45, 7) is 4.61. The van der Waals surface area contributed by atoms with E-state index < -0.39 is 10.0 Å². The molecule has 2 aliphatic carbocycles. The minimum Gasteiger partial charge on any atom is -0.212 e. The van der Waals surface area contributed by atoms with Crippen LogP contribution in [0.4, 0.5) is 0 Å². The molecule has 15 heavy (non-hydrogen) atoms. The molecule has 1 aliphatic heterocycles. The predicted molar refractivity (Wildman–Crippen MR) is 58.9 cm³/mol. The number of hydrogen-bond acceptors (Lipinski definition) is 2. The Morgan fingerprint density at radius 3 is 2.53 bits per heavy atom. The Morgan fingerprint density at radius 1 is 1.20 bits per heavy atom. The zero-order valence-corrected chi connectivity index (χ0v) is 10.2. The van der Waals surface area contributed by atoms with E-state index in [4.69, 9.17) is 0 Å². The summed E-state index contributed by atoms with van der Waals surface area (Å²) in [5.41, 5.74) is 0.441. The average Bonchev–Trinajstić information content (AvgIpc) is 2.32. The van der Waals surface area contributed by atoms with Crippen LogP contribution in [-0.4, -0.2) is 20.2 Å². The normalized spacial score (nSPS) is 50.3. The minimum atomic E-state index is -2.97. The van der Waals surface area contributed by atoms with E-state index in [1.54, 1.807) is 0 Å². The largest absolute Gasteiger partial charge is 0.212 e. The molecule has 3 atom stereocenters. The van der Waals surface area contributed by atoms with Crippen LogP contribution in [0.15, 0.2) is 0 Å². The molecule has 2 saturated carbocycles. The predicted octanol–water partition coefficient (Wildman–Crippen LogP) is 1.50. The molecule has 0 bridgehead atoms. The summed E-state index contributed by atoms with van der Waals surface area (Å²) in [4.78, 5) is 0. The fraction of sp³-hybridized carbons (Fsp3) is 1.00. The van der Waals surface area contributed by atoms with E-state index in [2.05, 4.69) is 18.6 Å². The Bertz CT molecular complexity index is 401. The Labute approximate surface area is 91.7 Å². The topological polar surface area (TPSA) is 46.2 Å². The van der Waals surface area contributed by atoms with E-state index in [1.807, 2.05) is 0 Å². The highest BCUT2D eigenvalue weighted by Crippen LogP contribution is 2.64. The van der Waals surface area contributed by atoms with Gasteiger partial charge in [0.2, 0.25) is 10.0 Å². The van der Waals surface area contributed by atoms with Crippen molar-refractivity contribution in [2.75, 3.05) is 5.75 Å². The van der Waals surface area contributed by atoms with Gasteiger partial charge in [0.15, 0.2) is 0 Å². The van der Waals surface area contributed by atoms with Crippen molar-refractivity contribution in [3.8, 4) is 0 Å². The first-order valence-electron chi connectivity index (χ1n) is 5.86. The van der Waals surface area contributed by atoms with Crippen molar-refractivity contribution in [3.63, 3.8) is 0 Å². The third kappa shape index (κ3) is 1.18. The van der Waals surface area contributed by atoms with E-state index >= 15 is 0 Å². The Balaban J connectivity index is 2.01. The third-order valence-electron chi connectivity index (χ3n) is 5.09. The molecule has 3 rings (SSSR count). The van der Waals surface area contributed by atoms with E-state index in [9.17, 15) is 8.42 Å². The van der Waals surface area contributed by atoms with Crippen LogP contribution in [0.2, 0.25) is 0 Å². The standard InChI is InChI=1S/C11H19NO2S/c1-10(2)5-4-9-11(6-3-8(10)11)7-15(13,14)12-9/h8-9,12H,3-7H2,1-2H3. The van der Waals surface area contributed by atoms with Crippen molar-refractivity contribution in [2.24, 2.45) is 16.7 Å². The van der Waals surface area contributed by atoms with Gasteiger partial charge in [0.25, 0.3) is 0 Å². The van der Waals surface area contributed by atoms with Crippen molar-refractivity contribution >= 4 is 10.0 Å². The first kappa shape index (κ1) is 10.1. The van der Waals surface area contributed by atoms with Crippen LogP contribution in [0.1, 0.15) is 39.5 Å². The van der Waals surface area contributed by atoms with Crippen LogP contribution in [0, 0.1) is 16.7 Å². The fourth-order valence-electron chi connectivity index (χ4n) is 4.29. The monoisotopic (exact) mass is 229 g/mol. The van der Waals surface area contributed by atoms with Gasteiger partial charge in [-0.15, -0.1) is 0 Å². The number of rotatable bonds is 0. The maximum Gasteiger partial charge on any atom is 0.212 e. The maximum absolute atomic E-state index is 11.7. The molecule has 1 spiro atoms. The highest BCUT2D eigenvalue weighted by atomic mass is 32.2. The molecule has 86 valence electrons. The zero-order valence-electron chi connectivity index (χ0n) is 9.41. The number of hydrogen-bond donors (Lipinski definition) is 1. The van der Waals surface area contributed by atoms with Crippen LogP contribution in [0.5, 0.6) is 0 Å². The second-order valence-corrected chi connectivity index (χ2v) is 8.04. The Kier molecular flexibility index (Phi) is 1.74. The van der Waals surface area contributed by atoms with Crippen LogP contribution in [0.3, 0.4) is 0 Å². The third-order valence-corrected chi connectivity index (χ3v) is 6.65.